The van der Waals surface area contributed by atoms with Crippen LogP contribution in [0.2, 0.25) is 0 Å². The molecule has 0 bridgehead atoms. The average molecular weight is 374 g/mol. The van der Waals surface area contributed by atoms with E-state index in [1.54, 1.807) is 32.2 Å². The number of ether oxygens (including phenoxy) is 2. The van der Waals surface area contributed by atoms with Crippen molar-refractivity contribution in [1.82, 2.24) is 9.78 Å². The SMILES string of the molecule is COc1cc(F)c(-c2c(C)nn(C)c2Nc2c(N)cccc2OC)c(F)c1. The molecule has 0 saturated heterocycles. The van der Waals surface area contributed by atoms with E-state index in [4.69, 9.17) is 15.2 Å². The van der Waals surface area contributed by atoms with Gasteiger partial charge in [0.1, 0.15) is 34.6 Å². The minimum atomic E-state index is -0.751. The zero-order valence-corrected chi connectivity index (χ0v) is 15.4. The molecule has 0 saturated carbocycles. The van der Waals surface area contributed by atoms with Crippen molar-refractivity contribution in [2.45, 2.75) is 6.92 Å². The first-order valence-electron chi connectivity index (χ1n) is 8.13. The monoisotopic (exact) mass is 374 g/mol. The van der Waals surface area contributed by atoms with Gasteiger partial charge in [-0.05, 0) is 19.1 Å². The number of rotatable bonds is 5. The zero-order valence-electron chi connectivity index (χ0n) is 15.4. The van der Waals surface area contributed by atoms with Crippen molar-refractivity contribution in [3.05, 3.63) is 47.7 Å². The topological polar surface area (TPSA) is 74.3 Å². The number of benzene rings is 2. The lowest BCUT2D eigenvalue weighted by molar-refractivity contribution is 0.407. The van der Waals surface area contributed by atoms with Gasteiger partial charge in [-0.1, -0.05) is 6.07 Å². The molecule has 0 unspecified atom stereocenters. The Labute approximate surface area is 155 Å². The van der Waals surface area contributed by atoms with Gasteiger partial charge < -0.3 is 20.5 Å². The fraction of sp³-hybridized carbons (Fsp3) is 0.211. The van der Waals surface area contributed by atoms with Gasteiger partial charge in [-0.2, -0.15) is 5.10 Å². The maximum Gasteiger partial charge on any atom is 0.144 e. The number of anilines is 3. The van der Waals surface area contributed by atoms with Gasteiger partial charge in [0, 0.05) is 19.2 Å². The lowest BCUT2D eigenvalue weighted by Crippen LogP contribution is -2.05. The van der Waals surface area contributed by atoms with Crippen molar-refractivity contribution in [3.8, 4) is 22.6 Å². The van der Waals surface area contributed by atoms with Crippen molar-refractivity contribution in [2.24, 2.45) is 7.05 Å². The lowest BCUT2D eigenvalue weighted by atomic mass is 10.0. The molecule has 3 N–H and O–H groups in total. The van der Waals surface area contributed by atoms with Crippen LogP contribution in [-0.2, 0) is 7.05 Å². The third-order valence-electron chi connectivity index (χ3n) is 4.25. The van der Waals surface area contributed by atoms with E-state index >= 15 is 0 Å². The van der Waals surface area contributed by atoms with Crippen molar-refractivity contribution in [1.29, 1.82) is 0 Å². The van der Waals surface area contributed by atoms with E-state index < -0.39 is 11.6 Å². The number of aryl methyl sites for hydroxylation is 2. The molecular weight excluding hydrogens is 354 g/mol. The molecule has 27 heavy (non-hydrogen) atoms. The van der Waals surface area contributed by atoms with Crippen LogP contribution in [0, 0.1) is 18.6 Å². The van der Waals surface area contributed by atoms with Gasteiger partial charge in [-0.25, -0.2) is 8.78 Å². The molecule has 8 heteroatoms. The number of methoxy groups -OCH3 is 2. The smallest absolute Gasteiger partial charge is 0.144 e. The van der Waals surface area contributed by atoms with Gasteiger partial charge in [0.15, 0.2) is 0 Å². The molecule has 142 valence electrons. The molecule has 6 nitrogen and oxygen atoms in total. The van der Waals surface area contributed by atoms with E-state index in [-0.39, 0.29) is 11.3 Å². The van der Waals surface area contributed by atoms with Crippen LogP contribution in [0.25, 0.3) is 11.1 Å². The van der Waals surface area contributed by atoms with Crippen molar-refractivity contribution in [3.63, 3.8) is 0 Å². The number of nitrogen functional groups attached to an aromatic ring is 1. The number of hydrogen-bond acceptors (Lipinski definition) is 5. The standard InChI is InChI=1S/C19H20F2N4O2/c1-10-16(17-12(20)8-11(26-3)9-13(17)21)19(25(2)24-10)23-18-14(22)6-5-7-15(18)27-4/h5-9,23H,22H2,1-4H3. The van der Waals surface area contributed by atoms with Gasteiger partial charge in [0.25, 0.3) is 0 Å². The second-order valence-electron chi connectivity index (χ2n) is 5.95. The number of nitrogens with two attached hydrogens (primary N) is 1. The van der Waals surface area contributed by atoms with Crippen molar-refractivity contribution in [2.75, 3.05) is 25.3 Å². The zero-order chi connectivity index (χ0) is 19.7. The first-order valence-corrected chi connectivity index (χ1v) is 8.13. The van der Waals surface area contributed by atoms with E-state index in [0.717, 1.165) is 12.1 Å². The van der Waals surface area contributed by atoms with E-state index in [9.17, 15) is 8.78 Å². The molecule has 0 atom stereocenters. The fourth-order valence-corrected chi connectivity index (χ4v) is 2.98. The normalized spacial score (nSPS) is 10.7. The van der Waals surface area contributed by atoms with Gasteiger partial charge in [0.05, 0.1) is 36.7 Å². The summed E-state index contributed by atoms with van der Waals surface area (Å²) in [6, 6.07) is 7.44. The van der Waals surface area contributed by atoms with Crippen LogP contribution in [0.4, 0.5) is 26.0 Å². The Bertz CT molecular complexity index is 979. The van der Waals surface area contributed by atoms with Crippen LogP contribution in [0.1, 0.15) is 5.69 Å². The summed E-state index contributed by atoms with van der Waals surface area (Å²) in [6.07, 6.45) is 0. The molecule has 0 spiro atoms. The number of nitrogens with one attached hydrogen (secondary N) is 1. The van der Waals surface area contributed by atoms with Crippen LogP contribution < -0.4 is 20.5 Å². The minimum absolute atomic E-state index is 0.0961. The van der Waals surface area contributed by atoms with Crippen molar-refractivity contribution < 1.29 is 18.3 Å². The number of para-hydroxylation sites is 1. The maximum atomic E-state index is 14.7. The lowest BCUT2D eigenvalue weighted by Gasteiger charge is -2.16. The molecule has 3 rings (SSSR count). The van der Waals surface area contributed by atoms with Gasteiger partial charge in [0.2, 0.25) is 0 Å². The minimum Gasteiger partial charge on any atom is -0.497 e. The van der Waals surface area contributed by atoms with Crippen LogP contribution in [0.3, 0.4) is 0 Å². The van der Waals surface area contributed by atoms with Crippen LogP contribution in [0.15, 0.2) is 30.3 Å². The predicted octanol–water partition coefficient (Wildman–Crippen LogP) is 4.02. The molecule has 0 amide bonds. The molecule has 2 aromatic carbocycles. The Morgan fingerprint density at radius 2 is 1.74 bits per heavy atom. The molecule has 0 aliphatic rings. The quantitative estimate of drug-likeness (QED) is 0.660. The summed E-state index contributed by atoms with van der Waals surface area (Å²) in [5.74, 6) is -0.529. The Balaban J connectivity index is 2.19. The number of aromatic nitrogens is 2. The van der Waals surface area contributed by atoms with Crippen molar-refractivity contribution >= 4 is 17.2 Å². The highest BCUT2D eigenvalue weighted by molar-refractivity contribution is 5.86. The van der Waals surface area contributed by atoms with Gasteiger partial charge in [-0.3, -0.25) is 4.68 Å². The highest BCUT2D eigenvalue weighted by atomic mass is 19.1. The number of halogens is 2. The number of nitrogens with zero attached hydrogens (tertiary/aromatic N) is 2. The summed E-state index contributed by atoms with van der Waals surface area (Å²) in [5, 5.41) is 7.42. The molecule has 3 aromatic rings. The second-order valence-corrected chi connectivity index (χ2v) is 5.95. The predicted molar refractivity (Wildman–Crippen MR) is 101 cm³/mol. The van der Waals surface area contributed by atoms with E-state index in [2.05, 4.69) is 10.4 Å². The molecule has 0 aliphatic heterocycles. The Morgan fingerprint density at radius 3 is 2.33 bits per heavy atom. The van der Waals surface area contributed by atoms with E-state index in [1.807, 2.05) is 0 Å². The third-order valence-corrected chi connectivity index (χ3v) is 4.25. The summed E-state index contributed by atoms with van der Waals surface area (Å²) < 4.78 is 41.1. The first-order chi connectivity index (χ1) is 12.9. The molecule has 1 heterocycles. The summed E-state index contributed by atoms with van der Waals surface area (Å²) in [7, 11) is 4.53. The molecule has 0 radical (unpaired) electrons. The van der Waals surface area contributed by atoms with Crippen LogP contribution >= 0.6 is 0 Å². The Hall–Kier alpha value is -3.29. The Kier molecular flexibility index (Phi) is 4.89. The van der Waals surface area contributed by atoms with Crippen LogP contribution in [0.5, 0.6) is 11.5 Å². The Morgan fingerprint density at radius 1 is 1.07 bits per heavy atom. The summed E-state index contributed by atoms with van der Waals surface area (Å²) >= 11 is 0. The molecular formula is C19H20F2N4O2. The summed E-state index contributed by atoms with van der Waals surface area (Å²) in [6.45, 7) is 1.68. The molecule has 0 aliphatic carbocycles. The number of hydrogen-bond donors (Lipinski definition) is 2. The third kappa shape index (κ3) is 3.25. The first kappa shape index (κ1) is 18.5. The molecule has 1 aromatic heterocycles. The summed E-state index contributed by atoms with van der Waals surface area (Å²) in [4.78, 5) is 0. The van der Waals surface area contributed by atoms with E-state index in [0.29, 0.717) is 34.2 Å². The maximum absolute atomic E-state index is 14.7. The highest BCUT2D eigenvalue weighted by Crippen LogP contribution is 2.40. The van der Waals surface area contributed by atoms with Gasteiger partial charge in [-0.15, -0.1) is 0 Å². The average Bonchev–Trinajstić information content (AvgIpc) is 2.89. The fourth-order valence-electron chi connectivity index (χ4n) is 2.98. The highest BCUT2D eigenvalue weighted by Gasteiger charge is 2.24. The van der Waals surface area contributed by atoms with E-state index in [1.165, 1.54) is 18.9 Å². The largest absolute Gasteiger partial charge is 0.497 e. The molecule has 0 fully saturated rings. The van der Waals surface area contributed by atoms with Gasteiger partial charge >= 0.3 is 0 Å². The second kappa shape index (κ2) is 7.14. The van der Waals surface area contributed by atoms with Crippen LogP contribution in [-0.4, -0.2) is 24.0 Å². The summed E-state index contributed by atoms with van der Waals surface area (Å²) in [5.41, 5.74) is 7.51.